The first-order chi connectivity index (χ1) is 16.3. The van der Waals surface area contributed by atoms with E-state index in [0.717, 1.165) is 50.2 Å². The van der Waals surface area contributed by atoms with Gasteiger partial charge in [-0.2, -0.15) is 0 Å². The van der Waals surface area contributed by atoms with Gasteiger partial charge in [-0.25, -0.2) is 13.8 Å². The number of pyridine rings is 2. The Morgan fingerprint density at radius 1 is 1.09 bits per heavy atom. The smallest absolute Gasteiger partial charge is 0.299 e. The van der Waals surface area contributed by atoms with Gasteiger partial charge < -0.3 is 21.4 Å². The van der Waals surface area contributed by atoms with Crippen LogP contribution < -0.4 is 16.6 Å². The summed E-state index contributed by atoms with van der Waals surface area (Å²) in [5.74, 6) is -2.49. The van der Waals surface area contributed by atoms with Crippen molar-refractivity contribution in [1.29, 1.82) is 0 Å². The lowest BCUT2D eigenvalue weighted by Crippen LogP contribution is -2.34. The van der Waals surface area contributed by atoms with Gasteiger partial charge in [-0.15, -0.1) is 4.73 Å². The number of fused-ring (bicyclic) bond motifs is 1. The molecule has 0 aliphatic heterocycles. The number of nitrogen functional groups attached to an aromatic ring is 1. The maximum absolute atomic E-state index is 13.8. The van der Waals surface area contributed by atoms with Gasteiger partial charge in [0.15, 0.2) is 5.65 Å². The summed E-state index contributed by atoms with van der Waals surface area (Å²) in [5, 5.41) is 21.7. The van der Waals surface area contributed by atoms with Crippen molar-refractivity contribution in [2.24, 2.45) is 0 Å². The van der Waals surface area contributed by atoms with Gasteiger partial charge in [-0.1, -0.05) is 31.7 Å². The molecule has 1 amide bonds. The summed E-state index contributed by atoms with van der Waals surface area (Å²) in [6.07, 6.45) is 8.09. The maximum atomic E-state index is 13.8. The summed E-state index contributed by atoms with van der Waals surface area (Å²) in [6, 6.07) is 4.61. The fraction of sp³-hybridized carbons (Fsp3) is 0.375. The summed E-state index contributed by atoms with van der Waals surface area (Å²) in [6.45, 7) is -0.0901. The summed E-state index contributed by atoms with van der Waals surface area (Å²) < 4.78 is 27.2. The van der Waals surface area contributed by atoms with Crippen LogP contribution in [0.4, 0.5) is 14.5 Å². The predicted molar refractivity (Wildman–Crippen MR) is 124 cm³/mol. The predicted octanol–water partition coefficient (Wildman–Crippen LogP) is 3.30. The molecule has 0 radical (unpaired) electrons. The van der Waals surface area contributed by atoms with Gasteiger partial charge in [0.05, 0.1) is 5.69 Å². The fourth-order valence-electron chi connectivity index (χ4n) is 3.75. The minimum absolute atomic E-state index is 0.0266. The Hall–Kier alpha value is -3.53. The van der Waals surface area contributed by atoms with Crippen LogP contribution >= 0.6 is 0 Å². The normalized spacial score (nSPS) is 11.1. The lowest BCUT2D eigenvalue weighted by molar-refractivity contribution is 0.0944. The molecule has 10 heteroatoms. The molecule has 0 fully saturated rings. The minimum Gasteiger partial charge on any atom is -0.423 e. The van der Waals surface area contributed by atoms with E-state index in [9.17, 15) is 23.6 Å². The zero-order valence-corrected chi connectivity index (χ0v) is 18.7. The average molecular weight is 475 g/mol. The Bertz CT molecular complexity index is 1230. The van der Waals surface area contributed by atoms with Crippen molar-refractivity contribution in [1.82, 2.24) is 15.0 Å². The van der Waals surface area contributed by atoms with Crippen molar-refractivity contribution in [2.75, 3.05) is 12.3 Å². The number of benzene rings is 1. The lowest BCUT2D eigenvalue weighted by atomic mass is 10.0. The molecule has 2 heterocycles. The molecule has 0 unspecified atom stereocenters. The van der Waals surface area contributed by atoms with Crippen LogP contribution in [0.2, 0.25) is 0 Å². The van der Waals surface area contributed by atoms with Gasteiger partial charge in [0.25, 0.3) is 11.5 Å². The van der Waals surface area contributed by atoms with E-state index in [1.165, 1.54) is 6.07 Å². The Morgan fingerprint density at radius 3 is 2.50 bits per heavy atom. The second-order valence-corrected chi connectivity index (χ2v) is 8.13. The summed E-state index contributed by atoms with van der Waals surface area (Å²) in [7, 11) is 0. The van der Waals surface area contributed by atoms with E-state index in [1.807, 2.05) is 0 Å². The molecule has 3 aromatic rings. The highest BCUT2D eigenvalue weighted by molar-refractivity contribution is 6.05. The third kappa shape index (κ3) is 5.88. The number of nitrogens with one attached hydrogen (secondary N) is 1. The van der Waals surface area contributed by atoms with Gasteiger partial charge in [0.1, 0.15) is 17.2 Å². The Balaban J connectivity index is 1.76. The van der Waals surface area contributed by atoms with E-state index < -0.39 is 28.7 Å². The third-order valence-corrected chi connectivity index (χ3v) is 5.64. The second-order valence-electron chi connectivity index (χ2n) is 8.13. The van der Waals surface area contributed by atoms with Gasteiger partial charge in [0, 0.05) is 36.4 Å². The number of unbranched alkanes of at least 4 members (excludes halogenated alkanes) is 5. The molecule has 0 spiro atoms. The number of nitrogens with zero attached hydrogens (tertiary/aromatic N) is 2. The van der Waals surface area contributed by atoms with E-state index in [2.05, 4.69) is 10.3 Å². The number of halogens is 2. The largest absolute Gasteiger partial charge is 0.423 e. The van der Waals surface area contributed by atoms with Crippen molar-refractivity contribution in [3.05, 3.63) is 69.1 Å². The quantitative estimate of drug-likeness (QED) is 0.249. The van der Waals surface area contributed by atoms with Crippen molar-refractivity contribution in [3.63, 3.8) is 0 Å². The molecule has 34 heavy (non-hydrogen) atoms. The molecule has 0 saturated carbocycles. The molecule has 0 aliphatic carbocycles. The highest BCUT2D eigenvalue weighted by Gasteiger charge is 2.22. The van der Waals surface area contributed by atoms with Crippen molar-refractivity contribution >= 4 is 22.6 Å². The molecule has 2 aromatic heterocycles. The summed E-state index contributed by atoms with van der Waals surface area (Å²) in [4.78, 5) is 29.4. The number of amides is 1. The van der Waals surface area contributed by atoms with Gasteiger partial charge >= 0.3 is 0 Å². The van der Waals surface area contributed by atoms with E-state index in [4.69, 9.17) is 10.8 Å². The molecule has 0 saturated heterocycles. The van der Waals surface area contributed by atoms with Crippen molar-refractivity contribution in [2.45, 2.75) is 51.5 Å². The lowest BCUT2D eigenvalue weighted by Gasteiger charge is -2.12. The number of aromatic nitrogens is 2. The first-order valence-electron chi connectivity index (χ1n) is 11.2. The number of nitrogens with two attached hydrogens (primary N) is 1. The van der Waals surface area contributed by atoms with Crippen molar-refractivity contribution in [3.8, 4) is 0 Å². The van der Waals surface area contributed by atoms with Crippen LogP contribution in [0, 0.1) is 11.6 Å². The number of carbonyl (C=O) groups is 1. The second kappa shape index (κ2) is 11.6. The molecular weight excluding hydrogens is 446 g/mol. The van der Waals surface area contributed by atoms with Crippen LogP contribution in [-0.4, -0.2) is 32.5 Å². The summed E-state index contributed by atoms with van der Waals surface area (Å²) >= 11 is 0. The first kappa shape index (κ1) is 25.1. The Labute approximate surface area is 195 Å². The molecule has 3 rings (SSSR count). The number of hydrogen-bond acceptors (Lipinski definition) is 6. The van der Waals surface area contributed by atoms with E-state index in [1.54, 1.807) is 12.3 Å². The van der Waals surface area contributed by atoms with Gasteiger partial charge in [0.2, 0.25) is 0 Å². The number of aryl methyl sites for hydroxylation is 1. The number of hydrogen-bond donors (Lipinski definition) is 4. The molecule has 0 bridgehead atoms. The fourth-order valence-corrected chi connectivity index (χ4v) is 3.75. The number of anilines is 1. The SMILES string of the molecule is Nc1c(C(=O)NCc2ccc(F)cc2F)c(=O)n(O)c2ncc(CCCCCCCCO)cc12. The molecular formula is C24H28F2N4O4. The van der Waals surface area contributed by atoms with E-state index in [-0.39, 0.29) is 40.2 Å². The van der Waals surface area contributed by atoms with Gasteiger partial charge in [-0.3, -0.25) is 9.59 Å². The monoisotopic (exact) mass is 474 g/mol. The molecule has 0 aliphatic rings. The zero-order valence-electron chi connectivity index (χ0n) is 18.7. The third-order valence-electron chi connectivity index (χ3n) is 5.64. The van der Waals surface area contributed by atoms with Crippen LogP contribution in [0.25, 0.3) is 11.0 Å². The highest BCUT2D eigenvalue weighted by atomic mass is 19.1. The summed E-state index contributed by atoms with van der Waals surface area (Å²) in [5.41, 5.74) is 5.25. The molecule has 0 atom stereocenters. The molecule has 5 N–H and O–H groups in total. The highest BCUT2D eigenvalue weighted by Crippen LogP contribution is 2.23. The Morgan fingerprint density at radius 2 is 1.79 bits per heavy atom. The van der Waals surface area contributed by atoms with Crippen LogP contribution in [0.15, 0.2) is 35.3 Å². The topological polar surface area (TPSA) is 130 Å². The number of aliphatic hydroxyl groups excluding tert-OH is 1. The Kier molecular flexibility index (Phi) is 8.53. The maximum Gasteiger partial charge on any atom is 0.299 e. The minimum atomic E-state index is -1.05. The molecule has 8 nitrogen and oxygen atoms in total. The number of aliphatic hydroxyl groups is 1. The zero-order chi connectivity index (χ0) is 24.7. The van der Waals surface area contributed by atoms with E-state index >= 15 is 0 Å². The van der Waals surface area contributed by atoms with Crippen LogP contribution in [-0.2, 0) is 13.0 Å². The van der Waals surface area contributed by atoms with Crippen LogP contribution in [0.1, 0.15) is 60.0 Å². The van der Waals surface area contributed by atoms with Gasteiger partial charge in [-0.05, 0) is 37.0 Å². The molecule has 182 valence electrons. The average Bonchev–Trinajstić information content (AvgIpc) is 2.81. The van der Waals surface area contributed by atoms with E-state index in [0.29, 0.717) is 12.5 Å². The molecule has 1 aromatic carbocycles. The van der Waals surface area contributed by atoms with Crippen molar-refractivity contribution < 1.29 is 23.9 Å². The number of carbonyl (C=O) groups excluding carboxylic acids is 1. The first-order valence-corrected chi connectivity index (χ1v) is 11.2. The number of rotatable bonds is 11. The van der Waals surface area contributed by atoms with Crippen LogP contribution in [0.5, 0.6) is 0 Å². The standard InChI is InChI=1S/C24H28F2N4O4/c25-17-9-8-16(19(26)12-17)14-29-23(32)20-21(27)18-11-15(7-5-3-1-2-4-6-10-31)13-28-22(18)30(34)24(20)33/h8-9,11-13,31,34H,1-7,10,14,27H2,(H,29,32). The van der Waals surface area contributed by atoms with Crippen LogP contribution in [0.3, 0.4) is 0 Å².